The first-order chi connectivity index (χ1) is 14.0. The molecule has 0 bridgehead atoms. The SMILES string of the molecule is CN(C)CC[C@@H](NC(=O)c1ccn(COc2ccccc2)n1)c1ccc(F)cc1. The van der Waals surface area contributed by atoms with E-state index in [1.807, 2.05) is 49.3 Å². The summed E-state index contributed by atoms with van der Waals surface area (Å²) < 4.78 is 20.5. The molecule has 3 rings (SSSR count). The number of rotatable bonds is 9. The summed E-state index contributed by atoms with van der Waals surface area (Å²) in [5.74, 6) is 0.147. The third-order valence-corrected chi connectivity index (χ3v) is 4.42. The van der Waals surface area contributed by atoms with E-state index in [0.717, 1.165) is 17.9 Å². The van der Waals surface area contributed by atoms with Gasteiger partial charge in [-0.25, -0.2) is 9.07 Å². The molecule has 0 aliphatic carbocycles. The van der Waals surface area contributed by atoms with Crippen molar-refractivity contribution in [3.8, 4) is 5.75 Å². The summed E-state index contributed by atoms with van der Waals surface area (Å²) >= 11 is 0. The van der Waals surface area contributed by atoms with Gasteiger partial charge in [0.25, 0.3) is 5.91 Å². The summed E-state index contributed by atoms with van der Waals surface area (Å²) in [5, 5.41) is 7.30. The molecule has 1 N–H and O–H groups in total. The third kappa shape index (κ3) is 6.15. The van der Waals surface area contributed by atoms with Crippen molar-refractivity contribution in [2.45, 2.75) is 19.2 Å². The van der Waals surface area contributed by atoms with Crippen molar-refractivity contribution in [1.29, 1.82) is 0 Å². The molecule has 0 aliphatic rings. The Labute approximate surface area is 169 Å². The van der Waals surface area contributed by atoms with E-state index in [0.29, 0.717) is 12.1 Å². The molecule has 3 aromatic rings. The smallest absolute Gasteiger partial charge is 0.272 e. The quantitative estimate of drug-likeness (QED) is 0.602. The van der Waals surface area contributed by atoms with Gasteiger partial charge in [0, 0.05) is 6.20 Å². The van der Waals surface area contributed by atoms with Crippen LogP contribution in [0.4, 0.5) is 4.39 Å². The fraction of sp³-hybridized carbons (Fsp3) is 0.273. The van der Waals surface area contributed by atoms with E-state index in [1.54, 1.807) is 29.1 Å². The molecule has 1 atom stereocenters. The Bertz CT molecular complexity index is 910. The summed E-state index contributed by atoms with van der Waals surface area (Å²) in [5.41, 5.74) is 1.16. The number of aromatic nitrogens is 2. The molecule has 1 amide bonds. The highest BCUT2D eigenvalue weighted by atomic mass is 19.1. The molecular formula is C22H25FN4O2. The van der Waals surface area contributed by atoms with Gasteiger partial charge in [-0.3, -0.25) is 4.79 Å². The molecule has 0 fully saturated rings. The number of para-hydroxylation sites is 1. The number of carbonyl (C=O) groups excluding carboxylic acids is 1. The van der Waals surface area contributed by atoms with Gasteiger partial charge in [-0.05, 0) is 63.0 Å². The van der Waals surface area contributed by atoms with Crippen molar-refractivity contribution in [3.63, 3.8) is 0 Å². The number of amides is 1. The van der Waals surface area contributed by atoms with Crippen molar-refractivity contribution in [2.75, 3.05) is 20.6 Å². The fourth-order valence-corrected chi connectivity index (χ4v) is 2.85. The minimum atomic E-state index is -0.302. The minimum Gasteiger partial charge on any atom is -0.471 e. The number of hydrogen-bond acceptors (Lipinski definition) is 4. The van der Waals surface area contributed by atoms with E-state index in [2.05, 4.69) is 10.4 Å². The van der Waals surface area contributed by atoms with E-state index in [-0.39, 0.29) is 24.5 Å². The summed E-state index contributed by atoms with van der Waals surface area (Å²) in [6, 6.07) is 17.0. The molecule has 1 heterocycles. The lowest BCUT2D eigenvalue weighted by Gasteiger charge is -2.21. The van der Waals surface area contributed by atoms with Gasteiger partial charge in [0.2, 0.25) is 0 Å². The molecule has 29 heavy (non-hydrogen) atoms. The zero-order valence-electron chi connectivity index (χ0n) is 16.6. The molecule has 0 saturated heterocycles. The fourth-order valence-electron chi connectivity index (χ4n) is 2.85. The van der Waals surface area contributed by atoms with Crippen LogP contribution in [0.15, 0.2) is 66.9 Å². The second-order valence-corrected chi connectivity index (χ2v) is 7.00. The molecule has 2 aromatic carbocycles. The highest BCUT2D eigenvalue weighted by Crippen LogP contribution is 2.18. The Kier molecular flexibility index (Phi) is 6.97. The molecule has 0 aliphatic heterocycles. The second-order valence-electron chi connectivity index (χ2n) is 7.00. The van der Waals surface area contributed by atoms with Crippen molar-refractivity contribution in [2.24, 2.45) is 0 Å². The van der Waals surface area contributed by atoms with Crippen molar-refractivity contribution >= 4 is 5.91 Å². The van der Waals surface area contributed by atoms with Gasteiger partial charge in [-0.1, -0.05) is 30.3 Å². The first-order valence-electron chi connectivity index (χ1n) is 9.43. The third-order valence-electron chi connectivity index (χ3n) is 4.42. The Balaban J connectivity index is 1.64. The summed E-state index contributed by atoms with van der Waals surface area (Å²) in [6.07, 6.45) is 2.40. The molecular weight excluding hydrogens is 371 g/mol. The normalized spacial score (nSPS) is 12.0. The van der Waals surface area contributed by atoms with Crippen LogP contribution in [0.2, 0.25) is 0 Å². The standard InChI is InChI=1S/C22H25FN4O2/c1-26(2)14-12-20(17-8-10-18(23)11-9-17)24-22(28)21-13-15-27(25-21)16-29-19-6-4-3-5-7-19/h3-11,13,15,20H,12,14,16H2,1-2H3,(H,24,28)/t20-/m1/s1. The molecule has 0 unspecified atom stereocenters. The molecule has 0 radical (unpaired) electrons. The van der Waals surface area contributed by atoms with Crippen LogP contribution in [-0.4, -0.2) is 41.2 Å². The maximum absolute atomic E-state index is 13.3. The minimum absolute atomic E-state index is 0.208. The van der Waals surface area contributed by atoms with E-state index < -0.39 is 0 Å². The lowest BCUT2D eigenvalue weighted by atomic mass is 10.0. The zero-order chi connectivity index (χ0) is 20.6. The van der Waals surface area contributed by atoms with Crippen LogP contribution < -0.4 is 10.1 Å². The van der Waals surface area contributed by atoms with E-state index in [4.69, 9.17) is 4.74 Å². The number of benzene rings is 2. The first-order valence-corrected chi connectivity index (χ1v) is 9.43. The first kappa shape index (κ1) is 20.5. The Morgan fingerprint density at radius 3 is 2.55 bits per heavy atom. The Morgan fingerprint density at radius 2 is 1.86 bits per heavy atom. The molecule has 0 spiro atoms. The molecule has 1 aromatic heterocycles. The van der Waals surface area contributed by atoms with Gasteiger partial charge in [-0.15, -0.1) is 0 Å². The van der Waals surface area contributed by atoms with Crippen LogP contribution in [0, 0.1) is 5.82 Å². The predicted octanol–water partition coefficient (Wildman–Crippen LogP) is 3.48. The summed E-state index contributed by atoms with van der Waals surface area (Å²) in [4.78, 5) is 14.8. The number of halogens is 1. The average Bonchev–Trinajstić information content (AvgIpc) is 3.20. The number of nitrogens with zero attached hydrogens (tertiary/aromatic N) is 3. The van der Waals surface area contributed by atoms with Gasteiger partial charge < -0.3 is 15.0 Å². The number of ether oxygens (including phenoxy) is 1. The number of carbonyl (C=O) groups is 1. The maximum Gasteiger partial charge on any atom is 0.272 e. The largest absolute Gasteiger partial charge is 0.471 e. The lowest BCUT2D eigenvalue weighted by molar-refractivity contribution is 0.0925. The predicted molar refractivity (Wildman–Crippen MR) is 109 cm³/mol. The van der Waals surface area contributed by atoms with Crippen LogP contribution in [-0.2, 0) is 6.73 Å². The molecule has 0 saturated carbocycles. The van der Waals surface area contributed by atoms with E-state index in [1.165, 1.54) is 12.1 Å². The number of hydrogen-bond donors (Lipinski definition) is 1. The van der Waals surface area contributed by atoms with Gasteiger partial charge in [-0.2, -0.15) is 5.10 Å². The second kappa shape index (κ2) is 9.84. The van der Waals surface area contributed by atoms with Crippen molar-refractivity contribution < 1.29 is 13.9 Å². The van der Waals surface area contributed by atoms with E-state index >= 15 is 0 Å². The van der Waals surface area contributed by atoms with Crippen LogP contribution in [0.1, 0.15) is 28.5 Å². The maximum atomic E-state index is 13.3. The van der Waals surface area contributed by atoms with Crippen LogP contribution in [0.5, 0.6) is 5.75 Å². The molecule has 152 valence electrons. The van der Waals surface area contributed by atoms with Gasteiger partial charge in [0.1, 0.15) is 17.3 Å². The average molecular weight is 396 g/mol. The highest BCUT2D eigenvalue weighted by molar-refractivity contribution is 5.92. The Morgan fingerprint density at radius 1 is 1.14 bits per heavy atom. The summed E-state index contributed by atoms with van der Waals surface area (Å²) in [6.45, 7) is 0.987. The van der Waals surface area contributed by atoms with Crippen molar-refractivity contribution in [3.05, 3.63) is 83.9 Å². The number of nitrogens with one attached hydrogen (secondary N) is 1. The topological polar surface area (TPSA) is 59.4 Å². The van der Waals surface area contributed by atoms with Crippen LogP contribution in [0.25, 0.3) is 0 Å². The monoisotopic (exact) mass is 396 g/mol. The molecule has 6 nitrogen and oxygen atoms in total. The highest BCUT2D eigenvalue weighted by Gasteiger charge is 2.18. The summed E-state index contributed by atoms with van der Waals surface area (Å²) in [7, 11) is 3.94. The van der Waals surface area contributed by atoms with Crippen molar-refractivity contribution in [1.82, 2.24) is 20.0 Å². The Hall–Kier alpha value is -3.19. The van der Waals surface area contributed by atoms with Crippen LogP contribution >= 0.6 is 0 Å². The van der Waals surface area contributed by atoms with E-state index in [9.17, 15) is 9.18 Å². The van der Waals surface area contributed by atoms with Gasteiger partial charge in [0.05, 0.1) is 6.04 Å². The zero-order valence-corrected chi connectivity index (χ0v) is 16.6. The van der Waals surface area contributed by atoms with Crippen LogP contribution in [0.3, 0.4) is 0 Å². The molecule has 7 heteroatoms. The van der Waals surface area contributed by atoms with Gasteiger partial charge in [0.15, 0.2) is 6.73 Å². The van der Waals surface area contributed by atoms with Gasteiger partial charge >= 0.3 is 0 Å². The lowest BCUT2D eigenvalue weighted by Crippen LogP contribution is -2.31.